The van der Waals surface area contributed by atoms with Crippen LogP contribution in [0.15, 0.2) is 12.1 Å². The average molecular weight is 286 g/mol. The van der Waals surface area contributed by atoms with E-state index in [-0.39, 0.29) is 17.5 Å². The van der Waals surface area contributed by atoms with Crippen molar-refractivity contribution in [3.8, 4) is 5.75 Å². The van der Waals surface area contributed by atoms with E-state index >= 15 is 0 Å². The van der Waals surface area contributed by atoms with E-state index in [2.05, 4.69) is 20.8 Å². The van der Waals surface area contributed by atoms with Crippen LogP contribution in [-0.4, -0.2) is 14.6 Å². The van der Waals surface area contributed by atoms with Gasteiger partial charge in [-0.15, -0.1) is 0 Å². The Morgan fingerprint density at radius 1 is 1.21 bits per heavy atom. The molecule has 1 aromatic carbocycles. The molecule has 0 N–H and O–H groups in total. The molecule has 0 saturated heterocycles. The number of hydrogen-bond donors (Lipinski definition) is 0. The molecule has 19 heavy (non-hydrogen) atoms. The Morgan fingerprint density at radius 2 is 1.68 bits per heavy atom. The maximum Gasteiger partial charge on any atom is 0.245 e. The van der Waals surface area contributed by atoms with Crippen molar-refractivity contribution in [2.75, 3.05) is 0 Å². The normalized spacial score (nSPS) is 12.4. The number of benzene rings is 1. The third kappa shape index (κ3) is 4.74. The number of rotatable bonds is 4. The molecule has 0 heterocycles. The molecule has 0 radical (unpaired) electrons. The Hall–Kier alpha value is -1.23. The van der Waals surface area contributed by atoms with Crippen LogP contribution in [0.3, 0.4) is 0 Å². The van der Waals surface area contributed by atoms with Crippen LogP contribution in [0.4, 0.5) is 8.78 Å². The number of halogens is 2. The minimum atomic E-state index is -2.07. The highest BCUT2D eigenvalue weighted by Crippen LogP contribution is 2.30. The standard InChI is InChI=1S/C14H20F2O2Si/c1-14(2,3)9-19(4,5)18-10-6-12(15)11(8-17)13(16)7-10/h6-8H,9H2,1-5H3. The Bertz CT molecular complexity index is 456. The molecule has 1 aromatic rings. The second-order valence-electron chi connectivity index (χ2n) is 6.52. The molecule has 0 aromatic heterocycles. The maximum absolute atomic E-state index is 13.5. The van der Waals surface area contributed by atoms with Crippen LogP contribution in [0.1, 0.15) is 31.1 Å². The summed E-state index contributed by atoms with van der Waals surface area (Å²) < 4.78 is 32.8. The SMILES string of the molecule is CC(C)(C)C[Si](C)(C)Oc1cc(F)c(C=O)c(F)c1. The summed E-state index contributed by atoms with van der Waals surface area (Å²) in [5.41, 5.74) is -0.460. The molecular formula is C14H20F2O2Si. The molecule has 2 nitrogen and oxygen atoms in total. The van der Waals surface area contributed by atoms with E-state index in [0.29, 0.717) is 0 Å². The van der Waals surface area contributed by atoms with Gasteiger partial charge in [0.15, 0.2) is 6.29 Å². The Balaban J connectivity index is 2.97. The van der Waals surface area contributed by atoms with Crippen LogP contribution in [0.5, 0.6) is 5.75 Å². The van der Waals surface area contributed by atoms with E-state index in [1.54, 1.807) is 0 Å². The highest BCUT2D eigenvalue weighted by molar-refractivity contribution is 6.72. The third-order valence-electron chi connectivity index (χ3n) is 2.52. The fourth-order valence-electron chi connectivity index (χ4n) is 2.36. The average Bonchev–Trinajstić information content (AvgIpc) is 2.11. The van der Waals surface area contributed by atoms with Gasteiger partial charge in [-0.1, -0.05) is 20.8 Å². The zero-order chi connectivity index (χ0) is 14.8. The highest BCUT2D eigenvalue weighted by Gasteiger charge is 2.31. The van der Waals surface area contributed by atoms with Crippen molar-refractivity contribution >= 4 is 14.6 Å². The zero-order valence-corrected chi connectivity index (χ0v) is 13.0. The minimum Gasteiger partial charge on any atom is -0.544 e. The molecule has 0 aliphatic rings. The fraction of sp³-hybridized carbons (Fsp3) is 0.500. The van der Waals surface area contributed by atoms with Crippen molar-refractivity contribution in [3.05, 3.63) is 29.3 Å². The first-order chi connectivity index (χ1) is 8.54. The van der Waals surface area contributed by atoms with Crippen LogP contribution >= 0.6 is 0 Å². The maximum atomic E-state index is 13.5. The monoisotopic (exact) mass is 286 g/mol. The van der Waals surface area contributed by atoms with Crippen molar-refractivity contribution in [3.63, 3.8) is 0 Å². The number of carbonyl (C=O) groups excluding carboxylic acids is 1. The lowest BCUT2D eigenvalue weighted by Gasteiger charge is -2.31. The number of carbonyl (C=O) groups is 1. The lowest BCUT2D eigenvalue weighted by atomic mass is 10.0. The molecule has 0 amide bonds. The highest BCUT2D eigenvalue weighted by atomic mass is 28.4. The van der Waals surface area contributed by atoms with Crippen LogP contribution in [-0.2, 0) is 0 Å². The Kier molecular flexibility index (Phi) is 4.50. The van der Waals surface area contributed by atoms with E-state index in [1.807, 2.05) is 13.1 Å². The third-order valence-corrected chi connectivity index (χ3v) is 5.22. The smallest absolute Gasteiger partial charge is 0.245 e. The summed E-state index contributed by atoms with van der Waals surface area (Å²) in [5.74, 6) is -1.61. The van der Waals surface area contributed by atoms with Gasteiger partial charge >= 0.3 is 0 Å². The molecule has 0 unspecified atom stereocenters. The van der Waals surface area contributed by atoms with Crippen LogP contribution in [0.25, 0.3) is 0 Å². The largest absolute Gasteiger partial charge is 0.544 e. The zero-order valence-electron chi connectivity index (χ0n) is 12.0. The van der Waals surface area contributed by atoms with Gasteiger partial charge in [0.1, 0.15) is 17.4 Å². The molecule has 0 saturated carbocycles. The molecule has 0 bridgehead atoms. The van der Waals surface area contributed by atoms with Gasteiger partial charge in [0.05, 0.1) is 5.56 Å². The Labute approximate surface area is 113 Å². The number of hydrogen-bond acceptors (Lipinski definition) is 2. The number of aldehydes is 1. The Morgan fingerprint density at radius 3 is 2.05 bits per heavy atom. The molecular weight excluding hydrogens is 266 g/mol. The lowest BCUT2D eigenvalue weighted by molar-refractivity contribution is 0.111. The van der Waals surface area contributed by atoms with Crippen LogP contribution in [0, 0.1) is 17.0 Å². The van der Waals surface area contributed by atoms with Gasteiger partial charge in [-0.05, 0) is 24.6 Å². The molecule has 0 aliphatic heterocycles. The van der Waals surface area contributed by atoms with Crippen molar-refractivity contribution < 1.29 is 18.0 Å². The molecule has 0 spiro atoms. The van der Waals surface area contributed by atoms with Gasteiger partial charge in [0, 0.05) is 12.1 Å². The first kappa shape index (κ1) is 15.8. The van der Waals surface area contributed by atoms with E-state index in [1.165, 1.54) is 0 Å². The van der Waals surface area contributed by atoms with Crippen LogP contribution < -0.4 is 4.43 Å². The van der Waals surface area contributed by atoms with Gasteiger partial charge in [-0.3, -0.25) is 4.79 Å². The second-order valence-corrected chi connectivity index (χ2v) is 10.6. The van der Waals surface area contributed by atoms with Crippen LogP contribution in [0.2, 0.25) is 19.1 Å². The summed E-state index contributed by atoms with van der Waals surface area (Å²) in [4.78, 5) is 10.5. The predicted octanol–water partition coefficient (Wildman–Crippen LogP) is 4.41. The molecule has 0 fully saturated rings. The topological polar surface area (TPSA) is 26.3 Å². The predicted molar refractivity (Wildman–Crippen MR) is 74.1 cm³/mol. The van der Waals surface area contributed by atoms with Crippen molar-refractivity contribution in [2.45, 2.75) is 39.9 Å². The van der Waals surface area contributed by atoms with Crippen molar-refractivity contribution in [1.82, 2.24) is 0 Å². The summed E-state index contributed by atoms with van der Waals surface area (Å²) in [6.07, 6.45) is 0.173. The van der Waals surface area contributed by atoms with Gasteiger partial charge in [0.25, 0.3) is 0 Å². The molecule has 0 aliphatic carbocycles. The quantitative estimate of drug-likeness (QED) is 0.605. The van der Waals surface area contributed by atoms with E-state index in [4.69, 9.17) is 4.43 Å². The summed E-state index contributed by atoms with van der Waals surface area (Å²) >= 11 is 0. The van der Waals surface area contributed by atoms with E-state index in [9.17, 15) is 13.6 Å². The minimum absolute atomic E-state index is 0.0928. The first-order valence-electron chi connectivity index (χ1n) is 6.17. The summed E-state index contributed by atoms with van der Waals surface area (Å²) in [7, 11) is -2.07. The molecule has 106 valence electrons. The van der Waals surface area contributed by atoms with Crippen molar-refractivity contribution in [2.24, 2.45) is 5.41 Å². The summed E-state index contributed by atoms with van der Waals surface area (Å²) in [5, 5.41) is 0. The first-order valence-corrected chi connectivity index (χ1v) is 9.29. The molecule has 5 heteroatoms. The van der Waals surface area contributed by atoms with E-state index in [0.717, 1.165) is 18.2 Å². The van der Waals surface area contributed by atoms with Crippen molar-refractivity contribution in [1.29, 1.82) is 0 Å². The van der Waals surface area contributed by atoms with Gasteiger partial charge < -0.3 is 4.43 Å². The fourth-order valence-corrected chi connectivity index (χ4v) is 5.75. The second kappa shape index (κ2) is 5.41. The summed E-state index contributed by atoms with van der Waals surface area (Å²) in [6.45, 7) is 10.3. The lowest BCUT2D eigenvalue weighted by Crippen LogP contribution is -2.38. The summed E-state index contributed by atoms with van der Waals surface area (Å²) in [6, 6.07) is 3.01. The molecule has 0 atom stereocenters. The van der Waals surface area contributed by atoms with E-state index < -0.39 is 25.5 Å². The van der Waals surface area contributed by atoms with Gasteiger partial charge in [-0.2, -0.15) is 0 Å². The van der Waals surface area contributed by atoms with Gasteiger partial charge in [-0.25, -0.2) is 8.78 Å². The molecule has 1 rings (SSSR count). The van der Waals surface area contributed by atoms with Gasteiger partial charge in [0.2, 0.25) is 8.32 Å².